The molecular formula is C12H13N3O4. The van der Waals surface area contributed by atoms with Gasteiger partial charge in [-0.3, -0.25) is 19.4 Å². The van der Waals surface area contributed by atoms with Crippen LogP contribution < -0.4 is 5.73 Å². The Morgan fingerprint density at radius 3 is 2.47 bits per heavy atom. The smallest absolute Gasteiger partial charge is 0.323 e. The van der Waals surface area contributed by atoms with Crippen LogP contribution in [0, 0.1) is 0 Å². The molecule has 1 aromatic heterocycles. The van der Waals surface area contributed by atoms with E-state index in [9.17, 15) is 14.4 Å². The first kappa shape index (κ1) is 13.0. The maximum Gasteiger partial charge on any atom is 0.323 e. The van der Waals surface area contributed by atoms with Crippen LogP contribution in [-0.2, 0) is 4.79 Å². The van der Waals surface area contributed by atoms with Crippen molar-refractivity contribution in [1.29, 1.82) is 0 Å². The Bertz CT molecular complexity index is 522. The van der Waals surface area contributed by atoms with Gasteiger partial charge in [-0.25, -0.2) is 0 Å². The molecule has 1 fully saturated rings. The lowest BCUT2D eigenvalue weighted by Crippen LogP contribution is -2.37. The summed E-state index contributed by atoms with van der Waals surface area (Å²) in [6.45, 7) is -0.344. The van der Waals surface area contributed by atoms with Crippen LogP contribution in [0.1, 0.15) is 33.7 Å². The van der Waals surface area contributed by atoms with Gasteiger partial charge in [0.05, 0.1) is 5.56 Å². The number of hydrogen-bond acceptors (Lipinski definition) is 4. The van der Waals surface area contributed by atoms with Crippen LogP contribution in [-0.4, -0.2) is 45.4 Å². The summed E-state index contributed by atoms with van der Waals surface area (Å²) >= 11 is 0. The minimum Gasteiger partial charge on any atom is -0.480 e. The highest BCUT2D eigenvalue weighted by atomic mass is 16.4. The molecule has 100 valence electrons. The van der Waals surface area contributed by atoms with E-state index in [0.717, 1.165) is 12.8 Å². The summed E-state index contributed by atoms with van der Waals surface area (Å²) in [5.74, 6) is -2.13. The Hall–Kier alpha value is -2.44. The average molecular weight is 263 g/mol. The summed E-state index contributed by atoms with van der Waals surface area (Å²) in [7, 11) is 0. The van der Waals surface area contributed by atoms with E-state index in [1.807, 2.05) is 0 Å². The summed E-state index contributed by atoms with van der Waals surface area (Å²) in [4.78, 5) is 38.9. The summed E-state index contributed by atoms with van der Waals surface area (Å²) < 4.78 is 0. The van der Waals surface area contributed by atoms with Gasteiger partial charge in [0, 0.05) is 12.2 Å². The predicted octanol–water partition coefficient (Wildman–Crippen LogP) is -0.130. The second-order valence-electron chi connectivity index (χ2n) is 4.35. The minimum absolute atomic E-state index is 0.0267. The molecule has 0 radical (unpaired) electrons. The first-order valence-electron chi connectivity index (χ1n) is 5.77. The van der Waals surface area contributed by atoms with E-state index >= 15 is 0 Å². The molecule has 0 saturated heterocycles. The van der Waals surface area contributed by atoms with Crippen LogP contribution in [0.4, 0.5) is 0 Å². The number of amides is 2. The Labute approximate surface area is 109 Å². The van der Waals surface area contributed by atoms with E-state index in [2.05, 4.69) is 4.98 Å². The molecule has 7 heteroatoms. The molecule has 1 heterocycles. The molecule has 3 N–H and O–H groups in total. The molecule has 0 unspecified atom stereocenters. The standard InChI is InChI=1S/C12H13N3O4/c13-11(18)7-1-4-9(14-5-7)12(19)15(6-10(16)17)8-2-3-8/h1,4-5,8H,2-3,6H2,(H2,13,18)(H,16,17). The van der Waals surface area contributed by atoms with E-state index < -0.39 is 17.8 Å². The van der Waals surface area contributed by atoms with Crippen molar-refractivity contribution in [3.05, 3.63) is 29.6 Å². The van der Waals surface area contributed by atoms with Crippen molar-refractivity contribution in [2.24, 2.45) is 5.73 Å². The topological polar surface area (TPSA) is 114 Å². The quantitative estimate of drug-likeness (QED) is 0.768. The zero-order valence-corrected chi connectivity index (χ0v) is 10.1. The zero-order valence-electron chi connectivity index (χ0n) is 10.1. The Morgan fingerprint density at radius 2 is 2.05 bits per heavy atom. The van der Waals surface area contributed by atoms with Crippen molar-refractivity contribution < 1.29 is 19.5 Å². The summed E-state index contributed by atoms with van der Waals surface area (Å²) in [6, 6.07) is 2.75. The van der Waals surface area contributed by atoms with Crippen molar-refractivity contribution in [1.82, 2.24) is 9.88 Å². The molecule has 2 rings (SSSR count). The molecule has 0 bridgehead atoms. The van der Waals surface area contributed by atoms with Gasteiger partial charge in [0.25, 0.3) is 5.91 Å². The van der Waals surface area contributed by atoms with Crippen LogP contribution in [0.2, 0.25) is 0 Å². The lowest BCUT2D eigenvalue weighted by atomic mass is 10.2. The van der Waals surface area contributed by atoms with Crippen molar-refractivity contribution >= 4 is 17.8 Å². The van der Waals surface area contributed by atoms with Crippen LogP contribution in [0.5, 0.6) is 0 Å². The number of pyridine rings is 1. The number of carboxylic acids is 1. The van der Waals surface area contributed by atoms with E-state index in [-0.39, 0.29) is 23.8 Å². The van der Waals surface area contributed by atoms with E-state index in [4.69, 9.17) is 10.8 Å². The molecule has 2 amide bonds. The molecule has 1 aromatic rings. The number of carbonyl (C=O) groups excluding carboxylic acids is 2. The van der Waals surface area contributed by atoms with Gasteiger partial charge in [0.2, 0.25) is 5.91 Å². The number of primary amides is 1. The van der Waals surface area contributed by atoms with Crippen molar-refractivity contribution in [2.75, 3.05) is 6.54 Å². The third-order valence-electron chi connectivity index (χ3n) is 2.82. The Kier molecular flexibility index (Phi) is 3.46. The van der Waals surface area contributed by atoms with Gasteiger partial charge < -0.3 is 15.7 Å². The fraction of sp³-hybridized carbons (Fsp3) is 0.333. The van der Waals surface area contributed by atoms with E-state index in [0.29, 0.717) is 0 Å². The first-order chi connectivity index (χ1) is 8.99. The number of carbonyl (C=O) groups is 3. The lowest BCUT2D eigenvalue weighted by molar-refractivity contribution is -0.137. The number of carboxylic acid groups (broad SMARTS) is 1. The highest BCUT2D eigenvalue weighted by molar-refractivity contribution is 5.96. The van der Waals surface area contributed by atoms with E-state index in [1.54, 1.807) is 0 Å². The lowest BCUT2D eigenvalue weighted by Gasteiger charge is -2.19. The zero-order chi connectivity index (χ0) is 14.0. The molecule has 19 heavy (non-hydrogen) atoms. The van der Waals surface area contributed by atoms with Crippen molar-refractivity contribution in [3.8, 4) is 0 Å². The molecule has 0 spiro atoms. The van der Waals surface area contributed by atoms with Gasteiger partial charge in [0.1, 0.15) is 12.2 Å². The molecular weight excluding hydrogens is 250 g/mol. The number of nitrogens with two attached hydrogens (primary N) is 1. The monoisotopic (exact) mass is 263 g/mol. The normalized spacial score (nSPS) is 13.9. The third kappa shape index (κ3) is 3.06. The number of nitrogens with zero attached hydrogens (tertiary/aromatic N) is 2. The first-order valence-corrected chi connectivity index (χ1v) is 5.77. The molecule has 1 saturated carbocycles. The van der Waals surface area contributed by atoms with Gasteiger partial charge in [-0.15, -0.1) is 0 Å². The molecule has 0 atom stereocenters. The van der Waals surface area contributed by atoms with Gasteiger partial charge >= 0.3 is 5.97 Å². The number of rotatable bonds is 5. The van der Waals surface area contributed by atoms with Gasteiger partial charge in [-0.05, 0) is 25.0 Å². The van der Waals surface area contributed by atoms with Crippen LogP contribution >= 0.6 is 0 Å². The van der Waals surface area contributed by atoms with Crippen molar-refractivity contribution in [2.45, 2.75) is 18.9 Å². The van der Waals surface area contributed by atoms with Gasteiger partial charge in [0.15, 0.2) is 0 Å². The van der Waals surface area contributed by atoms with Gasteiger partial charge in [-0.1, -0.05) is 0 Å². The molecule has 1 aliphatic carbocycles. The SMILES string of the molecule is NC(=O)c1ccc(C(=O)N(CC(=O)O)C2CC2)nc1. The summed E-state index contributed by atoms with van der Waals surface area (Å²) in [5.41, 5.74) is 5.38. The maximum atomic E-state index is 12.1. The number of aliphatic carboxylic acids is 1. The predicted molar refractivity (Wildman–Crippen MR) is 64.4 cm³/mol. The molecule has 0 aromatic carbocycles. The fourth-order valence-corrected chi connectivity index (χ4v) is 1.71. The van der Waals surface area contributed by atoms with E-state index in [1.165, 1.54) is 23.2 Å². The molecule has 0 aliphatic heterocycles. The second kappa shape index (κ2) is 5.05. The average Bonchev–Trinajstić information content (AvgIpc) is 3.19. The van der Waals surface area contributed by atoms with Crippen LogP contribution in [0.15, 0.2) is 18.3 Å². The summed E-state index contributed by atoms with van der Waals surface area (Å²) in [5, 5.41) is 8.80. The Morgan fingerprint density at radius 1 is 1.37 bits per heavy atom. The molecule has 1 aliphatic rings. The number of hydrogen-bond donors (Lipinski definition) is 2. The second-order valence-corrected chi connectivity index (χ2v) is 4.35. The van der Waals surface area contributed by atoms with Gasteiger partial charge in [-0.2, -0.15) is 0 Å². The third-order valence-corrected chi connectivity index (χ3v) is 2.82. The maximum absolute atomic E-state index is 12.1. The fourth-order valence-electron chi connectivity index (χ4n) is 1.71. The highest BCUT2D eigenvalue weighted by Crippen LogP contribution is 2.27. The minimum atomic E-state index is -1.06. The largest absolute Gasteiger partial charge is 0.480 e. The van der Waals surface area contributed by atoms with Crippen molar-refractivity contribution in [3.63, 3.8) is 0 Å². The van der Waals surface area contributed by atoms with Crippen LogP contribution in [0.3, 0.4) is 0 Å². The summed E-state index contributed by atoms with van der Waals surface area (Å²) in [6.07, 6.45) is 2.82. The number of aromatic nitrogens is 1. The van der Waals surface area contributed by atoms with Crippen LogP contribution in [0.25, 0.3) is 0 Å². The molecule has 7 nitrogen and oxygen atoms in total. The highest BCUT2D eigenvalue weighted by Gasteiger charge is 2.34. The Balaban J connectivity index is 2.16.